The van der Waals surface area contributed by atoms with Crippen LogP contribution in [0.4, 0.5) is 4.39 Å². The molecule has 0 amide bonds. The van der Waals surface area contributed by atoms with Crippen LogP contribution in [0.15, 0.2) is 18.2 Å². The molecule has 0 aliphatic heterocycles. The maximum absolute atomic E-state index is 13.5. The predicted octanol–water partition coefficient (Wildman–Crippen LogP) is 2.04. The normalized spacial score (nSPS) is 15.2. The van der Waals surface area contributed by atoms with Gasteiger partial charge in [-0.25, -0.2) is 4.39 Å². The summed E-state index contributed by atoms with van der Waals surface area (Å²) in [6.45, 7) is 1.58. The van der Waals surface area contributed by atoms with Gasteiger partial charge in [-0.15, -0.1) is 0 Å². The first-order chi connectivity index (χ1) is 6.49. The molecule has 0 aromatic heterocycles. The average Bonchev–Trinajstić information content (AvgIpc) is 2.09. The van der Waals surface area contributed by atoms with E-state index in [9.17, 15) is 4.39 Å². The van der Waals surface area contributed by atoms with Gasteiger partial charge in [0.2, 0.25) is 0 Å². The van der Waals surface area contributed by atoms with Crippen LogP contribution in [-0.2, 0) is 5.54 Å². The predicted molar refractivity (Wildman–Crippen MR) is 54.7 cm³/mol. The Kier molecular flexibility index (Phi) is 3.48. The van der Waals surface area contributed by atoms with Crippen molar-refractivity contribution in [2.75, 3.05) is 6.61 Å². The van der Waals surface area contributed by atoms with Crippen LogP contribution in [0, 0.1) is 5.82 Å². The van der Waals surface area contributed by atoms with Gasteiger partial charge in [-0.3, -0.25) is 0 Å². The van der Waals surface area contributed by atoms with E-state index in [4.69, 9.17) is 22.4 Å². The number of halogens is 2. The Morgan fingerprint density at radius 2 is 2.21 bits per heavy atom. The van der Waals surface area contributed by atoms with Gasteiger partial charge < -0.3 is 10.8 Å². The molecule has 0 spiro atoms. The van der Waals surface area contributed by atoms with Crippen LogP contribution < -0.4 is 5.73 Å². The quantitative estimate of drug-likeness (QED) is 0.814. The zero-order valence-corrected chi connectivity index (χ0v) is 8.68. The SMILES string of the molecule is C[C@](N)(CCO)c1cccc(Cl)c1F. The summed E-state index contributed by atoms with van der Waals surface area (Å²) in [5.41, 5.74) is 5.31. The van der Waals surface area contributed by atoms with Crippen LogP contribution >= 0.6 is 11.6 Å². The topological polar surface area (TPSA) is 46.2 Å². The van der Waals surface area contributed by atoms with Crippen LogP contribution in [0.2, 0.25) is 5.02 Å². The zero-order valence-electron chi connectivity index (χ0n) is 7.93. The molecule has 0 radical (unpaired) electrons. The van der Waals surface area contributed by atoms with E-state index in [0.717, 1.165) is 0 Å². The first-order valence-electron chi connectivity index (χ1n) is 4.33. The summed E-state index contributed by atoms with van der Waals surface area (Å²) in [6, 6.07) is 4.69. The van der Waals surface area contributed by atoms with Gasteiger partial charge in [0.15, 0.2) is 0 Å². The molecule has 4 heteroatoms. The molecule has 3 N–H and O–H groups in total. The van der Waals surface area contributed by atoms with E-state index in [1.54, 1.807) is 19.1 Å². The largest absolute Gasteiger partial charge is 0.396 e. The Bertz CT molecular complexity index is 328. The van der Waals surface area contributed by atoms with Crippen molar-refractivity contribution in [3.05, 3.63) is 34.6 Å². The molecule has 0 saturated carbocycles. The smallest absolute Gasteiger partial charge is 0.146 e. The van der Waals surface area contributed by atoms with E-state index in [-0.39, 0.29) is 11.6 Å². The van der Waals surface area contributed by atoms with Crippen LogP contribution in [0.3, 0.4) is 0 Å². The molecule has 0 fully saturated rings. The first-order valence-corrected chi connectivity index (χ1v) is 4.71. The van der Waals surface area contributed by atoms with Crippen molar-refractivity contribution < 1.29 is 9.50 Å². The van der Waals surface area contributed by atoms with E-state index in [1.165, 1.54) is 6.07 Å². The van der Waals surface area contributed by atoms with Crippen molar-refractivity contribution in [2.45, 2.75) is 18.9 Å². The minimum absolute atomic E-state index is 0.0529. The Morgan fingerprint density at radius 1 is 1.57 bits per heavy atom. The molecule has 0 aliphatic rings. The molecule has 0 heterocycles. The molecular weight excluding hydrogens is 205 g/mol. The second-order valence-electron chi connectivity index (χ2n) is 3.49. The summed E-state index contributed by atoms with van der Waals surface area (Å²) in [6.07, 6.45) is 0.296. The molecule has 0 unspecified atom stereocenters. The lowest BCUT2D eigenvalue weighted by molar-refractivity contribution is 0.244. The second kappa shape index (κ2) is 4.26. The molecule has 0 bridgehead atoms. The first kappa shape index (κ1) is 11.4. The number of hydrogen-bond donors (Lipinski definition) is 2. The third-order valence-corrected chi connectivity index (χ3v) is 2.49. The maximum atomic E-state index is 13.5. The minimum Gasteiger partial charge on any atom is -0.396 e. The molecule has 78 valence electrons. The van der Waals surface area contributed by atoms with E-state index in [2.05, 4.69) is 0 Å². The average molecular weight is 218 g/mol. The Labute approximate surface area is 87.5 Å². The fourth-order valence-electron chi connectivity index (χ4n) is 1.31. The molecule has 1 rings (SSSR count). The highest BCUT2D eigenvalue weighted by atomic mass is 35.5. The summed E-state index contributed by atoms with van der Waals surface area (Å²) in [5, 5.41) is 8.84. The van der Waals surface area contributed by atoms with Crippen LogP contribution in [-0.4, -0.2) is 11.7 Å². The van der Waals surface area contributed by atoms with Crippen molar-refractivity contribution >= 4 is 11.6 Å². The summed E-state index contributed by atoms with van der Waals surface area (Å²) >= 11 is 5.63. The summed E-state index contributed by atoms with van der Waals surface area (Å²) in [4.78, 5) is 0. The van der Waals surface area contributed by atoms with Crippen molar-refractivity contribution in [3.63, 3.8) is 0 Å². The summed E-state index contributed by atoms with van der Waals surface area (Å²) in [5.74, 6) is -0.507. The molecule has 0 aliphatic carbocycles. The maximum Gasteiger partial charge on any atom is 0.146 e. The highest BCUT2D eigenvalue weighted by Crippen LogP contribution is 2.27. The number of nitrogens with two attached hydrogens (primary N) is 1. The summed E-state index contributed by atoms with van der Waals surface area (Å²) in [7, 11) is 0. The van der Waals surface area contributed by atoms with E-state index in [1.807, 2.05) is 0 Å². The number of rotatable bonds is 3. The van der Waals surface area contributed by atoms with Gasteiger partial charge in [0.05, 0.1) is 5.02 Å². The van der Waals surface area contributed by atoms with E-state index in [0.29, 0.717) is 12.0 Å². The zero-order chi connectivity index (χ0) is 10.8. The van der Waals surface area contributed by atoms with Gasteiger partial charge in [-0.05, 0) is 19.4 Å². The molecular formula is C10H13ClFNO. The standard InChI is InChI=1S/C10H13ClFNO/c1-10(13,5-6-14)7-3-2-4-8(11)9(7)12/h2-4,14H,5-6,13H2,1H3/t10-/m0/s1. The highest BCUT2D eigenvalue weighted by molar-refractivity contribution is 6.30. The number of benzene rings is 1. The van der Waals surface area contributed by atoms with Crippen molar-refractivity contribution in [1.29, 1.82) is 0 Å². The third kappa shape index (κ3) is 2.23. The third-order valence-electron chi connectivity index (χ3n) is 2.20. The lowest BCUT2D eigenvalue weighted by Gasteiger charge is -2.24. The van der Waals surface area contributed by atoms with Crippen molar-refractivity contribution in [2.24, 2.45) is 5.73 Å². The lowest BCUT2D eigenvalue weighted by Crippen LogP contribution is -2.35. The second-order valence-corrected chi connectivity index (χ2v) is 3.90. The number of hydrogen-bond acceptors (Lipinski definition) is 2. The Morgan fingerprint density at radius 3 is 2.79 bits per heavy atom. The van der Waals surface area contributed by atoms with Gasteiger partial charge in [-0.1, -0.05) is 23.7 Å². The highest BCUT2D eigenvalue weighted by Gasteiger charge is 2.24. The van der Waals surface area contributed by atoms with Gasteiger partial charge in [0, 0.05) is 17.7 Å². The lowest BCUT2D eigenvalue weighted by atomic mass is 9.90. The molecule has 2 nitrogen and oxygen atoms in total. The molecule has 1 aromatic rings. The van der Waals surface area contributed by atoms with E-state index >= 15 is 0 Å². The molecule has 0 saturated heterocycles. The molecule has 14 heavy (non-hydrogen) atoms. The Balaban J connectivity index is 3.12. The van der Waals surface area contributed by atoms with Gasteiger partial charge in [0.1, 0.15) is 5.82 Å². The summed E-state index contributed by atoms with van der Waals surface area (Å²) < 4.78 is 13.5. The van der Waals surface area contributed by atoms with Crippen LogP contribution in [0.5, 0.6) is 0 Å². The van der Waals surface area contributed by atoms with Crippen LogP contribution in [0.1, 0.15) is 18.9 Å². The van der Waals surface area contributed by atoms with Gasteiger partial charge in [-0.2, -0.15) is 0 Å². The van der Waals surface area contributed by atoms with Gasteiger partial charge >= 0.3 is 0 Å². The molecule has 1 atom stereocenters. The minimum atomic E-state index is -0.885. The van der Waals surface area contributed by atoms with E-state index < -0.39 is 11.4 Å². The van der Waals surface area contributed by atoms with Crippen molar-refractivity contribution in [1.82, 2.24) is 0 Å². The van der Waals surface area contributed by atoms with Crippen LogP contribution in [0.25, 0.3) is 0 Å². The number of aliphatic hydroxyl groups is 1. The van der Waals surface area contributed by atoms with Crippen molar-refractivity contribution in [3.8, 4) is 0 Å². The Hall–Kier alpha value is -0.640. The fraction of sp³-hybridized carbons (Fsp3) is 0.400. The van der Waals surface area contributed by atoms with Gasteiger partial charge in [0.25, 0.3) is 0 Å². The monoisotopic (exact) mass is 217 g/mol. The fourth-order valence-corrected chi connectivity index (χ4v) is 1.49. The number of aliphatic hydroxyl groups excluding tert-OH is 1. The molecule has 1 aromatic carbocycles.